The molecule has 22 heavy (non-hydrogen) atoms. The molecule has 0 aliphatic carbocycles. The fraction of sp³-hybridized carbons (Fsp3) is 0.500. The molecule has 0 saturated carbocycles. The van der Waals surface area contributed by atoms with E-state index in [0.29, 0.717) is 25.4 Å². The highest BCUT2D eigenvalue weighted by Gasteiger charge is 2.23. The maximum atomic E-state index is 11.8. The zero-order valence-electron chi connectivity index (χ0n) is 12.9. The predicted molar refractivity (Wildman–Crippen MR) is 86.3 cm³/mol. The summed E-state index contributed by atoms with van der Waals surface area (Å²) in [7, 11) is 0. The summed E-state index contributed by atoms with van der Waals surface area (Å²) in [5, 5.41) is 5.62. The van der Waals surface area contributed by atoms with Crippen molar-refractivity contribution in [2.45, 2.75) is 32.6 Å². The summed E-state index contributed by atoms with van der Waals surface area (Å²) in [5.74, 6) is 0. The third-order valence-corrected chi connectivity index (χ3v) is 3.49. The number of benzene rings is 1. The molecule has 1 aliphatic heterocycles. The second kappa shape index (κ2) is 8.26. The molecule has 1 fully saturated rings. The van der Waals surface area contributed by atoms with Crippen LogP contribution in [-0.4, -0.2) is 31.8 Å². The maximum Gasteiger partial charge on any atom is 0.414 e. The molecule has 1 aromatic carbocycles. The lowest BCUT2D eigenvalue weighted by Crippen LogP contribution is -2.29. The van der Waals surface area contributed by atoms with Crippen molar-refractivity contribution in [3.05, 3.63) is 24.3 Å². The van der Waals surface area contributed by atoms with Gasteiger partial charge in [-0.05, 0) is 24.6 Å². The Bertz CT molecular complexity index is 519. The van der Waals surface area contributed by atoms with Gasteiger partial charge in [-0.15, -0.1) is 0 Å². The van der Waals surface area contributed by atoms with Crippen LogP contribution in [0.25, 0.3) is 0 Å². The molecule has 1 heterocycles. The van der Waals surface area contributed by atoms with Crippen molar-refractivity contribution in [2.24, 2.45) is 0 Å². The summed E-state index contributed by atoms with van der Waals surface area (Å²) >= 11 is 0. The van der Waals surface area contributed by atoms with Gasteiger partial charge in [-0.1, -0.05) is 32.3 Å². The Kier molecular flexibility index (Phi) is 6.06. The SMILES string of the molecule is CCCCCCNC(=O)Nc1cccc(N2CCOC2=O)c1. The number of carbonyl (C=O) groups excluding carboxylic acids is 2. The van der Waals surface area contributed by atoms with Gasteiger partial charge in [0.1, 0.15) is 6.61 Å². The number of hydrogen-bond donors (Lipinski definition) is 2. The van der Waals surface area contributed by atoms with Crippen molar-refractivity contribution in [3.63, 3.8) is 0 Å². The molecule has 0 spiro atoms. The highest BCUT2D eigenvalue weighted by molar-refractivity contribution is 5.93. The van der Waals surface area contributed by atoms with Crippen molar-refractivity contribution in [3.8, 4) is 0 Å². The lowest BCUT2D eigenvalue weighted by Gasteiger charge is -2.14. The molecule has 0 aromatic heterocycles. The van der Waals surface area contributed by atoms with Crippen LogP contribution in [-0.2, 0) is 4.74 Å². The van der Waals surface area contributed by atoms with Crippen molar-refractivity contribution in [1.82, 2.24) is 5.32 Å². The smallest absolute Gasteiger partial charge is 0.414 e. The molecule has 1 aliphatic rings. The fourth-order valence-electron chi connectivity index (χ4n) is 2.31. The van der Waals surface area contributed by atoms with Gasteiger partial charge in [-0.2, -0.15) is 0 Å². The molecular weight excluding hydrogens is 282 g/mol. The second-order valence-corrected chi connectivity index (χ2v) is 5.26. The minimum Gasteiger partial charge on any atom is -0.447 e. The molecule has 0 unspecified atom stereocenters. The first-order valence-electron chi connectivity index (χ1n) is 7.80. The Balaban J connectivity index is 1.82. The number of hydrogen-bond acceptors (Lipinski definition) is 3. The van der Waals surface area contributed by atoms with Crippen LogP contribution in [0.1, 0.15) is 32.6 Å². The van der Waals surface area contributed by atoms with Gasteiger partial charge in [0, 0.05) is 17.9 Å². The van der Waals surface area contributed by atoms with E-state index in [1.807, 2.05) is 6.07 Å². The van der Waals surface area contributed by atoms with Crippen molar-refractivity contribution in [2.75, 3.05) is 29.9 Å². The molecule has 0 radical (unpaired) electrons. The number of cyclic esters (lactones) is 1. The van der Waals surface area contributed by atoms with Gasteiger partial charge in [-0.3, -0.25) is 4.90 Å². The number of rotatable bonds is 7. The van der Waals surface area contributed by atoms with Gasteiger partial charge in [0.15, 0.2) is 0 Å². The van der Waals surface area contributed by atoms with E-state index in [1.165, 1.54) is 12.8 Å². The van der Waals surface area contributed by atoms with Crippen molar-refractivity contribution in [1.29, 1.82) is 0 Å². The number of ether oxygens (including phenoxy) is 1. The van der Waals surface area contributed by atoms with Gasteiger partial charge in [0.2, 0.25) is 0 Å². The van der Waals surface area contributed by atoms with Crippen LogP contribution in [0.4, 0.5) is 21.0 Å². The molecule has 120 valence electrons. The van der Waals surface area contributed by atoms with Crippen LogP contribution < -0.4 is 15.5 Å². The summed E-state index contributed by atoms with van der Waals surface area (Å²) in [6, 6.07) is 6.96. The Morgan fingerprint density at radius 1 is 1.32 bits per heavy atom. The summed E-state index contributed by atoms with van der Waals surface area (Å²) in [5.41, 5.74) is 1.38. The van der Waals surface area contributed by atoms with Crippen LogP contribution in [0.2, 0.25) is 0 Å². The average molecular weight is 305 g/mol. The molecule has 6 nitrogen and oxygen atoms in total. The minimum absolute atomic E-state index is 0.224. The Labute approximate surface area is 130 Å². The van der Waals surface area contributed by atoms with Crippen LogP contribution in [0, 0.1) is 0 Å². The average Bonchev–Trinajstić information content (AvgIpc) is 2.93. The van der Waals surface area contributed by atoms with E-state index in [1.54, 1.807) is 23.1 Å². The first-order valence-corrected chi connectivity index (χ1v) is 7.80. The number of nitrogens with one attached hydrogen (secondary N) is 2. The van der Waals surface area contributed by atoms with Crippen LogP contribution in [0.15, 0.2) is 24.3 Å². The summed E-state index contributed by atoms with van der Waals surface area (Å²) in [6.07, 6.45) is 4.14. The van der Waals surface area contributed by atoms with Crippen molar-refractivity contribution < 1.29 is 14.3 Å². The number of nitrogens with zero attached hydrogens (tertiary/aromatic N) is 1. The molecular formula is C16H23N3O3. The molecule has 0 atom stereocenters. The largest absolute Gasteiger partial charge is 0.447 e. The van der Waals surface area contributed by atoms with E-state index in [9.17, 15) is 9.59 Å². The minimum atomic E-state index is -0.350. The highest BCUT2D eigenvalue weighted by atomic mass is 16.6. The van der Waals surface area contributed by atoms with Crippen LogP contribution >= 0.6 is 0 Å². The Hall–Kier alpha value is -2.24. The lowest BCUT2D eigenvalue weighted by molar-refractivity contribution is 0.181. The lowest BCUT2D eigenvalue weighted by atomic mass is 10.2. The Morgan fingerprint density at radius 3 is 2.91 bits per heavy atom. The van der Waals surface area contributed by atoms with Crippen LogP contribution in [0.5, 0.6) is 0 Å². The third kappa shape index (κ3) is 4.65. The third-order valence-electron chi connectivity index (χ3n) is 3.49. The zero-order chi connectivity index (χ0) is 15.8. The molecule has 1 saturated heterocycles. The predicted octanol–water partition coefficient (Wildman–Crippen LogP) is 3.35. The standard InChI is InChI=1S/C16H23N3O3/c1-2-3-4-5-9-17-15(20)18-13-7-6-8-14(12-13)19-10-11-22-16(19)21/h6-8,12H,2-5,9-11H2,1H3,(H2,17,18,20). The monoisotopic (exact) mass is 305 g/mol. The van der Waals surface area contributed by atoms with E-state index in [2.05, 4.69) is 17.6 Å². The van der Waals surface area contributed by atoms with Crippen molar-refractivity contribution >= 4 is 23.5 Å². The normalized spacial score (nSPS) is 13.9. The first-order chi connectivity index (χ1) is 10.7. The summed E-state index contributed by atoms with van der Waals surface area (Å²) in [6.45, 7) is 3.76. The van der Waals surface area contributed by atoms with E-state index in [-0.39, 0.29) is 12.1 Å². The zero-order valence-corrected chi connectivity index (χ0v) is 12.9. The number of anilines is 2. The van der Waals surface area contributed by atoms with E-state index in [4.69, 9.17) is 4.74 Å². The topological polar surface area (TPSA) is 70.7 Å². The molecule has 2 rings (SSSR count). The van der Waals surface area contributed by atoms with E-state index in [0.717, 1.165) is 18.5 Å². The highest BCUT2D eigenvalue weighted by Crippen LogP contribution is 2.22. The van der Waals surface area contributed by atoms with E-state index < -0.39 is 0 Å². The second-order valence-electron chi connectivity index (χ2n) is 5.26. The number of urea groups is 1. The van der Waals surface area contributed by atoms with Crippen LogP contribution in [0.3, 0.4) is 0 Å². The van der Waals surface area contributed by atoms with Gasteiger partial charge in [0.25, 0.3) is 0 Å². The number of carbonyl (C=O) groups is 2. The first kappa shape index (κ1) is 16.1. The van der Waals surface area contributed by atoms with E-state index >= 15 is 0 Å². The molecule has 1 aromatic rings. The van der Waals surface area contributed by atoms with Gasteiger partial charge in [0.05, 0.1) is 6.54 Å². The molecule has 2 N–H and O–H groups in total. The Morgan fingerprint density at radius 2 is 2.18 bits per heavy atom. The summed E-state index contributed by atoms with van der Waals surface area (Å²) in [4.78, 5) is 24.9. The molecule has 6 heteroatoms. The number of unbranched alkanes of at least 4 members (excludes halogenated alkanes) is 3. The molecule has 0 bridgehead atoms. The quantitative estimate of drug-likeness (QED) is 0.759. The number of amides is 3. The van der Waals surface area contributed by atoms with Gasteiger partial charge in [-0.25, -0.2) is 9.59 Å². The fourth-order valence-corrected chi connectivity index (χ4v) is 2.31. The van der Waals surface area contributed by atoms with Gasteiger partial charge >= 0.3 is 12.1 Å². The molecule has 3 amide bonds. The summed E-state index contributed by atoms with van der Waals surface area (Å²) < 4.78 is 4.91. The van der Waals surface area contributed by atoms with Gasteiger partial charge < -0.3 is 15.4 Å². The maximum absolute atomic E-state index is 11.8.